The van der Waals surface area contributed by atoms with Crippen LogP contribution >= 0.6 is 0 Å². The highest BCUT2D eigenvalue weighted by Gasteiger charge is 2.08. The average molecular weight is 313 g/mol. The zero-order valence-corrected chi connectivity index (χ0v) is 12.4. The van der Waals surface area contributed by atoms with Crippen molar-refractivity contribution in [1.82, 2.24) is 5.48 Å². The molecule has 0 bridgehead atoms. The summed E-state index contributed by atoms with van der Waals surface area (Å²) in [4.78, 5) is 20.8. The molecule has 0 aliphatic heterocycles. The molecule has 6 heteroatoms. The molecule has 0 heterocycles. The van der Waals surface area contributed by atoms with Gasteiger partial charge in [0.05, 0.1) is 6.42 Å². The van der Waals surface area contributed by atoms with Crippen molar-refractivity contribution < 1.29 is 14.0 Å². The lowest BCUT2D eigenvalue weighted by Gasteiger charge is -2.10. The molecular formula is C17H16FN3O2. The Hall–Kier alpha value is -3.15. The van der Waals surface area contributed by atoms with Gasteiger partial charge in [0.1, 0.15) is 5.82 Å². The molecule has 0 spiro atoms. The molecule has 118 valence electrons. The van der Waals surface area contributed by atoms with Gasteiger partial charge in [0.15, 0.2) is 11.6 Å². The summed E-state index contributed by atoms with van der Waals surface area (Å²) in [5.41, 5.74) is 3.36. The fraction of sp³-hybridized carbons (Fsp3) is 0.0588. The number of aliphatic imine (C=N–C) groups is 1. The Balaban J connectivity index is 1.97. The van der Waals surface area contributed by atoms with Crippen LogP contribution in [0.5, 0.6) is 5.75 Å². The van der Waals surface area contributed by atoms with E-state index in [1.54, 1.807) is 42.5 Å². The third-order valence-electron chi connectivity index (χ3n) is 2.90. The Morgan fingerprint density at radius 3 is 2.74 bits per heavy atom. The van der Waals surface area contributed by atoms with E-state index in [2.05, 4.69) is 29.1 Å². The lowest BCUT2D eigenvalue weighted by molar-refractivity contribution is -0.115. The lowest BCUT2D eigenvalue weighted by Crippen LogP contribution is -2.17. The summed E-state index contributed by atoms with van der Waals surface area (Å²) in [7, 11) is 0. The number of halogens is 1. The quantitative estimate of drug-likeness (QED) is 0.610. The van der Waals surface area contributed by atoms with Gasteiger partial charge in [-0.1, -0.05) is 30.8 Å². The fourth-order valence-corrected chi connectivity index (χ4v) is 1.81. The normalized spacial score (nSPS) is 9.78. The minimum absolute atomic E-state index is 0.0484. The molecule has 0 aliphatic carbocycles. The first-order valence-electron chi connectivity index (χ1n) is 6.80. The third-order valence-corrected chi connectivity index (χ3v) is 2.90. The molecule has 1 amide bonds. The van der Waals surface area contributed by atoms with E-state index in [-0.39, 0.29) is 18.1 Å². The largest absolute Gasteiger partial charge is 0.381 e. The summed E-state index contributed by atoms with van der Waals surface area (Å²) in [6, 6.07) is 12.9. The van der Waals surface area contributed by atoms with E-state index >= 15 is 0 Å². The van der Waals surface area contributed by atoms with Crippen molar-refractivity contribution in [3.8, 4) is 5.75 Å². The van der Waals surface area contributed by atoms with Crippen molar-refractivity contribution in [3.05, 3.63) is 72.3 Å². The van der Waals surface area contributed by atoms with Crippen molar-refractivity contribution in [1.29, 1.82) is 0 Å². The number of rotatable bonds is 7. The Kier molecular flexibility index (Phi) is 5.46. The number of amides is 1. The first kappa shape index (κ1) is 16.2. The Labute approximate surface area is 133 Å². The van der Waals surface area contributed by atoms with Crippen LogP contribution in [0.15, 0.2) is 65.9 Å². The molecule has 0 unspecified atom stereocenters. The van der Waals surface area contributed by atoms with Gasteiger partial charge in [0, 0.05) is 11.8 Å². The first-order valence-corrected chi connectivity index (χ1v) is 6.80. The van der Waals surface area contributed by atoms with Crippen LogP contribution in [0.2, 0.25) is 0 Å². The molecule has 2 aromatic carbocycles. The van der Waals surface area contributed by atoms with Gasteiger partial charge in [-0.05, 0) is 30.5 Å². The highest BCUT2D eigenvalue weighted by atomic mass is 19.1. The van der Waals surface area contributed by atoms with Crippen LogP contribution < -0.4 is 15.6 Å². The standard InChI is InChI=1S/C17H16FN3O2/c1-12(19-2)21-23-15-8-5-7-14(11-15)20-17(22)10-13-6-3-4-9-16(13)18/h3-9,11,21H,1-2,10H2,(H,20,22). The molecule has 2 N–H and O–H groups in total. The lowest BCUT2D eigenvalue weighted by atomic mass is 10.1. The summed E-state index contributed by atoms with van der Waals surface area (Å²) in [5.74, 6) is -0.00534. The topological polar surface area (TPSA) is 62.7 Å². The van der Waals surface area contributed by atoms with Gasteiger partial charge in [-0.15, -0.1) is 0 Å². The van der Waals surface area contributed by atoms with Crippen molar-refractivity contribution in [2.45, 2.75) is 6.42 Å². The first-order chi connectivity index (χ1) is 11.1. The number of hydroxylamine groups is 1. The molecule has 0 aromatic heterocycles. The molecule has 23 heavy (non-hydrogen) atoms. The van der Waals surface area contributed by atoms with Gasteiger partial charge in [-0.3, -0.25) is 4.79 Å². The van der Waals surface area contributed by atoms with E-state index in [1.165, 1.54) is 6.07 Å². The van der Waals surface area contributed by atoms with Crippen molar-refractivity contribution in [3.63, 3.8) is 0 Å². The average Bonchev–Trinajstić information content (AvgIpc) is 2.55. The van der Waals surface area contributed by atoms with Crippen LogP contribution in [-0.4, -0.2) is 12.6 Å². The van der Waals surface area contributed by atoms with E-state index in [0.29, 0.717) is 17.0 Å². The number of benzene rings is 2. The highest BCUT2D eigenvalue weighted by molar-refractivity contribution is 5.92. The molecule has 0 saturated carbocycles. The second-order valence-corrected chi connectivity index (χ2v) is 4.65. The second-order valence-electron chi connectivity index (χ2n) is 4.65. The zero-order chi connectivity index (χ0) is 16.7. The van der Waals surface area contributed by atoms with Crippen LogP contribution in [0.1, 0.15) is 5.56 Å². The van der Waals surface area contributed by atoms with Crippen molar-refractivity contribution in [2.75, 3.05) is 5.32 Å². The molecule has 0 radical (unpaired) electrons. The number of carbonyl (C=O) groups is 1. The molecule has 2 aromatic rings. The minimum Gasteiger partial charge on any atom is -0.381 e. The molecule has 5 nitrogen and oxygen atoms in total. The Morgan fingerprint density at radius 2 is 2.00 bits per heavy atom. The van der Waals surface area contributed by atoms with Gasteiger partial charge < -0.3 is 10.2 Å². The second kappa shape index (κ2) is 7.74. The number of hydrogen-bond acceptors (Lipinski definition) is 4. The van der Waals surface area contributed by atoms with Crippen molar-refractivity contribution in [2.24, 2.45) is 4.99 Å². The van der Waals surface area contributed by atoms with Gasteiger partial charge >= 0.3 is 0 Å². The maximum atomic E-state index is 13.5. The molecule has 0 fully saturated rings. The predicted molar refractivity (Wildman–Crippen MR) is 87.6 cm³/mol. The molecule has 2 rings (SSSR count). The molecular weight excluding hydrogens is 297 g/mol. The molecule has 0 atom stereocenters. The summed E-state index contributed by atoms with van der Waals surface area (Å²) in [6.07, 6.45) is -0.0484. The summed E-state index contributed by atoms with van der Waals surface area (Å²) >= 11 is 0. The van der Waals surface area contributed by atoms with Crippen LogP contribution in [0.4, 0.5) is 10.1 Å². The summed E-state index contributed by atoms with van der Waals surface area (Å²) in [6.45, 7) is 6.84. The Morgan fingerprint density at radius 1 is 1.22 bits per heavy atom. The van der Waals surface area contributed by atoms with E-state index in [9.17, 15) is 9.18 Å². The maximum Gasteiger partial charge on any atom is 0.228 e. The molecule has 0 saturated heterocycles. The number of hydrogen-bond donors (Lipinski definition) is 2. The van der Waals surface area contributed by atoms with E-state index in [4.69, 9.17) is 4.84 Å². The SMILES string of the molecule is C=NC(=C)NOc1cccc(NC(=O)Cc2ccccc2F)c1. The smallest absolute Gasteiger partial charge is 0.228 e. The van der Waals surface area contributed by atoms with Crippen LogP contribution in [0, 0.1) is 5.82 Å². The molecule has 0 aliphatic rings. The number of anilines is 1. The minimum atomic E-state index is -0.403. The third kappa shape index (κ3) is 4.96. The predicted octanol–water partition coefficient (Wildman–Crippen LogP) is 3.06. The van der Waals surface area contributed by atoms with Crippen LogP contribution in [0.3, 0.4) is 0 Å². The van der Waals surface area contributed by atoms with Crippen molar-refractivity contribution >= 4 is 18.3 Å². The van der Waals surface area contributed by atoms with Gasteiger partial charge in [0.2, 0.25) is 5.91 Å². The number of carbonyl (C=O) groups excluding carboxylic acids is 1. The monoisotopic (exact) mass is 313 g/mol. The Bertz CT molecular complexity index is 731. The van der Waals surface area contributed by atoms with E-state index in [1.807, 2.05) is 0 Å². The maximum absolute atomic E-state index is 13.5. The van der Waals surface area contributed by atoms with Gasteiger partial charge in [-0.25, -0.2) is 14.9 Å². The summed E-state index contributed by atoms with van der Waals surface area (Å²) < 4.78 is 13.5. The van der Waals surface area contributed by atoms with E-state index < -0.39 is 5.82 Å². The van der Waals surface area contributed by atoms with Crippen LogP contribution in [0.25, 0.3) is 0 Å². The van der Waals surface area contributed by atoms with Crippen LogP contribution in [-0.2, 0) is 11.2 Å². The number of nitrogens with one attached hydrogen (secondary N) is 2. The fourth-order valence-electron chi connectivity index (χ4n) is 1.81. The zero-order valence-electron chi connectivity index (χ0n) is 12.4. The van der Waals surface area contributed by atoms with E-state index in [0.717, 1.165) is 0 Å². The number of nitrogens with zero attached hydrogens (tertiary/aromatic N) is 1. The highest BCUT2D eigenvalue weighted by Crippen LogP contribution is 2.17. The van der Waals surface area contributed by atoms with Gasteiger partial charge in [-0.2, -0.15) is 0 Å². The summed E-state index contributed by atoms with van der Waals surface area (Å²) in [5, 5.41) is 2.69. The van der Waals surface area contributed by atoms with Gasteiger partial charge in [0.25, 0.3) is 0 Å².